The molecule has 0 atom stereocenters. The number of nitrogens with zero attached hydrogens (tertiary/aromatic N) is 3. The molecule has 0 aliphatic heterocycles. The first-order chi connectivity index (χ1) is 7.78. The van der Waals surface area contributed by atoms with Gasteiger partial charge in [0, 0.05) is 20.9 Å². The lowest BCUT2D eigenvalue weighted by Crippen LogP contribution is -2.00. The monoisotopic (exact) mass is 300 g/mol. The summed E-state index contributed by atoms with van der Waals surface area (Å²) in [5, 5.41) is 10.3. The molecule has 0 amide bonds. The highest BCUT2D eigenvalue weighted by Crippen LogP contribution is 2.20. The molecule has 2 heterocycles. The van der Waals surface area contributed by atoms with E-state index in [1.54, 1.807) is 11.3 Å². The van der Waals surface area contributed by atoms with Crippen molar-refractivity contribution in [1.29, 1.82) is 0 Å². The van der Waals surface area contributed by atoms with Crippen LogP contribution in [-0.2, 0) is 13.0 Å². The van der Waals surface area contributed by atoms with Crippen molar-refractivity contribution in [3.8, 4) is 0 Å². The number of rotatable bonds is 5. The molecule has 0 spiro atoms. The first kappa shape index (κ1) is 11.8. The van der Waals surface area contributed by atoms with Crippen LogP contribution in [0, 0.1) is 0 Å². The summed E-state index contributed by atoms with van der Waals surface area (Å²) >= 11 is 5.15. The van der Waals surface area contributed by atoms with E-state index in [0.717, 1.165) is 29.6 Å². The fourth-order valence-corrected chi connectivity index (χ4v) is 2.85. The van der Waals surface area contributed by atoms with E-state index in [1.807, 2.05) is 10.9 Å². The van der Waals surface area contributed by atoms with Gasteiger partial charge in [-0.2, -0.15) is 0 Å². The third-order valence-corrected chi connectivity index (χ3v) is 3.85. The molecule has 0 aromatic carbocycles. The van der Waals surface area contributed by atoms with Crippen LogP contribution in [0.15, 0.2) is 22.1 Å². The number of hydrogen-bond acceptors (Lipinski definition) is 4. The molecular weight excluding hydrogens is 288 g/mol. The van der Waals surface area contributed by atoms with E-state index < -0.39 is 0 Å². The van der Waals surface area contributed by atoms with Crippen LogP contribution in [0.3, 0.4) is 0 Å². The maximum Gasteiger partial charge on any atom is 0.0827 e. The summed E-state index contributed by atoms with van der Waals surface area (Å²) in [5.74, 6) is 0. The molecule has 2 N–H and O–H groups in total. The zero-order chi connectivity index (χ0) is 11.4. The van der Waals surface area contributed by atoms with Gasteiger partial charge in [0.25, 0.3) is 0 Å². The smallest absolute Gasteiger partial charge is 0.0827 e. The molecule has 0 aliphatic rings. The normalized spacial score (nSPS) is 10.9. The summed E-state index contributed by atoms with van der Waals surface area (Å²) in [6, 6.07) is 2.10. The van der Waals surface area contributed by atoms with Gasteiger partial charge in [-0.05, 0) is 41.4 Å². The summed E-state index contributed by atoms with van der Waals surface area (Å²) in [4.78, 5) is 1.27. The van der Waals surface area contributed by atoms with Gasteiger partial charge in [-0.25, -0.2) is 4.68 Å². The van der Waals surface area contributed by atoms with Crippen molar-refractivity contribution in [2.45, 2.75) is 19.4 Å². The van der Waals surface area contributed by atoms with Gasteiger partial charge >= 0.3 is 0 Å². The average Bonchev–Trinajstić information content (AvgIpc) is 2.86. The largest absolute Gasteiger partial charge is 0.330 e. The maximum atomic E-state index is 5.45. The van der Waals surface area contributed by atoms with E-state index in [2.05, 4.69) is 37.7 Å². The van der Waals surface area contributed by atoms with Gasteiger partial charge in [0.15, 0.2) is 0 Å². The van der Waals surface area contributed by atoms with Crippen molar-refractivity contribution in [3.05, 3.63) is 32.7 Å². The molecule has 0 bridgehead atoms. The number of halogens is 1. The Labute approximate surface area is 107 Å². The third kappa shape index (κ3) is 3.13. The molecule has 86 valence electrons. The Morgan fingerprint density at radius 3 is 3.06 bits per heavy atom. The minimum Gasteiger partial charge on any atom is -0.330 e. The van der Waals surface area contributed by atoms with Crippen LogP contribution in [0.1, 0.15) is 17.0 Å². The molecule has 2 rings (SSSR count). The fourth-order valence-electron chi connectivity index (χ4n) is 1.41. The van der Waals surface area contributed by atoms with Crippen molar-refractivity contribution >= 4 is 27.3 Å². The first-order valence-corrected chi connectivity index (χ1v) is 6.77. The molecule has 0 saturated carbocycles. The summed E-state index contributed by atoms with van der Waals surface area (Å²) in [6.45, 7) is 1.48. The molecule has 0 fully saturated rings. The molecule has 0 aliphatic carbocycles. The van der Waals surface area contributed by atoms with E-state index in [4.69, 9.17) is 5.73 Å². The lowest BCUT2D eigenvalue weighted by Gasteiger charge is -1.95. The first-order valence-electron chi connectivity index (χ1n) is 5.10. The van der Waals surface area contributed by atoms with Crippen LogP contribution < -0.4 is 5.73 Å². The van der Waals surface area contributed by atoms with Crippen molar-refractivity contribution in [2.75, 3.05) is 6.54 Å². The van der Waals surface area contributed by atoms with Crippen LogP contribution >= 0.6 is 27.3 Å². The lowest BCUT2D eigenvalue weighted by atomic mass is 10.2. The number of aromatic nitrogens is 3. The summed E-state index contributed by atoms with van der Waals surface area (Å²) in [6.07, 6.45) is 3.86. The molecule has 2 aromatic heterocycles. The van der Waals surface area contributed by atoms with Crippen LogP contribution in [-0.4, -0.2) is 21.5 Å². The highest BCUT2D eigenvalue weighted by molar-refractivity contribution is 9.10. The van der Waals surface area contributed by atoms with Crippen molar-refractivity contribution in [1.82, 2.24) is 15.0 Å². The number of aryl methyl sites for hydroxylation is 1. The predicted octanol–water partition coefficient (Wildman–Crippen LogP) is 2.04. The quantitative estimate of drug-likeness (QED) is 0.919. The fraction of sp³-hybridized carbons (Fsp3) is 0.400. The zero-order valence-corrected chi connectivity index (χ0v) is 11.2. The molecule has 0 saturated heterocycles. The van der Waals surface area contributed by atoms with E-state index in [0.29, 0.717) is 6.54 Å². The second-order valence-electron chi connectivity index (χ2n) is 3.53. The topological polar surface area (TPSA) is 56.7 Å². The van der Waals surface area contributed by atoms with Crippen molar-refractivity contribution < 1.29 is 0 Å². The third-order valence-electron chi connectivity index (χ3n) is 2.16. The minimum absolute atomic E-state index is 0.699. The van der Waals surface area contributed by atoms with Crippen LogP contribution in [0.2, 0.25) is 0 Å². The molecule has 6 heteroatoms. The molecule has 2 aromatic rings. The Balaban J connectivity index is 1.97. The van der Waals surface area contributed by atoms with E-state index in [-0.39, 0.29) is 0 Å². The Hall–Kier alpha value is -0.720. The van der Waals surface area contributed by atoms with Gasteiger partial charge in [0.2, 0.25) is 0 Å². The summed E-state index contributed by atoms with van der Waals surface area (Å²) in [5.41, 5.74) is 6.47. The molecule has 4 nitrogen and oxygen atoms in total. The number of hydrogen-bond donors (Lipinski definition) is 1. The Kier molecular flexibility index (Phi) is 4.09. The van der Waals surface area contributed by atoms with Gasteiger partial charge in [-0.15, -0.1) is 16.4 Å². The van der Waals surface area contributed by atoms with Gasteiger partial charge in [0.1, 0.15) is 0 Å². The highest BCUT2D eigenvalue weighted by atomic mass is 79.9. The van der Waals surface area contributed by atoms with Gasteiger partial charge < -0.3 is 5.73 Å². The SMILES string of the molecule is NCCCc1cn(Cc2cc(Br)cs2)nn1. The number of thiophene rings is 1. The van der Waals surface area contributed by atoms with Crippen LogP contribution in [0.25, 0.3) is 0 Å². The predicted molar refractivity (Wildman–Crippen MR) is 68.5 cm³/mol. The second-order valence-corrected chi connectivity index (χ2v) is 5.44. The van der Waals surface area contributed by atoms with Gasteiger partial charge in [0.05, 0.1) is 12.2 Å². The summed E-state index contributed by atoms with van der Waals surface area (Å²) in [7, 11) is 0. The maximum absolute atomic E-state index is 5.45. The standard InChI is InChI=1S/C10H13BrN4S/c11-8-4-10(16-7-8)6-15-5-9(13-14-15)2-1-3-12/h4-5,7H,1-3,6,12H2. The zero-order valence-electron chi connectivity index (χ0n) is 8.77. The minimum atomic E-state index is 0.699. The van der Waals surface area contributed by atoms with E-state index in [1.165, 1.54) is 4.88 Å². The molecule has 0 radical (unpaired) electrons. The van der Waals surface area contributed by atoms with Crippen molar-refractivity contribution in [2.24, 2.45) is 5.73 Å². The van der Waals surface area contributed by atoms with Crippen molar-refractivity contribution in [3.63, 3.8) is 0 Å². The van der Waals surface area contributed by atoms with Crippen LogP contribution in [0.4, 0.5) is 0 Å². The Morgan fingerprint density at radius 1 is 1.50 bits per heavy atom. The summed E-state index contributed by atoms with van der Waals surface area (Å²) < 4.78 is 2.99. The van der Waals surface area contributed by atoms with E-state index in [9.17, 15) is 0 Å². The van der Waals surface area contributed by atoms with Crippen LogP contribution in [0.5, 0.6) is 0 Å². The molecule has 0 unspecified atom stereocenters. The number of nitrogens with two attached hydrogens (primary N) is 1. The lowest BCUT2D eigenvalue weighted by molar-refractivity contribution is 0.655. The Bertz CT molecular complexity index is 451. The van der Waals surface area contributed by atoms with Gasteiger partial charge in [-0.1, -0.05) is 5.21 Å². The Morgan fingerprint density at radius 2 is 2.38 bits per heavy atom. The highest BCUT2D eigenvalue weighted by Gasteiger charge is 2.03. The molecule has 16 heavy (non-hydrogen) atoms. The molecular formula is C10H13BrN4S. The average molecular weight is 301 g/mol. The van der Waals surface area contributed by atoms with Gasteiger partial charge in [-0.3, -0.25) is 0 Å². The van der Waals surface area contributed by atoms with E-state index >= 15 is 0 Å². The second kappa shape index (κ2) is 5.56.